The number of methoxy groups -OCH3 is 1. The van der Waals surface area contributed by atoms with Crippen LogP contribution in [0.3, 0.4) is 0 Å². The third-order valence-electron chi connectivity index (χ3n) is 4.07. The fourth-order valence-corrected chi connectivity index (χ4v) is 3.35. The molecule has 0 aromatic heterocycles. The monoisotopic (exact) mass is 318 g/mol. The van der Waals surface area contributed by atoms with Gasteiger partial charge in [-0.3, -0.25) is 4.79 Å². The first kappa shape index (κ1) is 16.7. The molecular formula is C17H22N2O2S. The summed E-state index contributed by atoms with van der Waals surface area (Å²) in [6.07, 6.45) is 2.05. The van der Waals surface area contributed by atoms with E-state index < -0.39 is 5.54 Å². The number of amides is 1. The molecule has 1 saturated carbocycles. The first-order valence-electron chi connectivity index (χ1n) is 7.47. The number of nitrogens with one attached hydrogen (secondary N) is 1. The molecule has 1 aliphatic rings. The number of carbonyl (C=O) groups is 1. The van der Waals surface area contributed by atoms with Crippen LogP contribution in [0.25, 0.3) is 0 Å². The first-order valence-corrected chi connectivity index (χ1v) is 8.52. The summed E-state index contributed by atoms with van der Waals surface area (Å²) in [6, 6.07) is 10.1. The minimum atomic E-state index is -0.717. The molecule has 2 rings (SSSR count). The van der Waals surface area contributed by atoms with E-state index in [1.165, 1.54) is 0 Å². The van der Waals surface area contributed by atoms with E-state index >= 15 is 0 Å². The van der Waals surface area contributed by atoms with Crippen LogP contribution in [0.2, 0.25) is 0 Å². The maximum atomic E-state index is 12.1. The van der Waals surface area contributed by atoms with Crippen molar-refractivity contribution < 1.29 is 9.53 Å². The van der Waals surface area contributed by atoms with Gasteiger partial charge in [0.1, 0.15) is 11.3 Å². The normalized spacial score (nSPS) is 17.9. The highest BCUT2D eigenvalue weighted by atomic mass is 32.2. The summed E-state index contributed by atoms with van der Waals surface area (Å²) < 4.78 is 5.35. The van der Waals surface area contributed by atoms with Crippen LogP contribution in [-0.4, -0.2) is 24.3 Å². The summed E-state index contributed by atoms with van der Waals surface area (Å²) in [7, 11) is 1.65. The second kappa shape index (κ2) is 7.06. The molecule has 0 heterocycles. The maximum Gasteiger partial charge on any atom is 0.231 e. The molecule has 1 aromatic rings. The number of hydrogen-bond donors (Lipinski definition) is 1. The third-order valence-corrected chi connectivity index (χ3v) is 5.25. The number of nitriles is 1. The largest absolute Gasteiger partial charge is 0.496 e. The van der Waals surface area contributed by atoms with Gasteiger partial charge >= 0.3 is 0 Å². The lowest BCUT2D eigenvalue weighted by molar-refractivity contribution is -0.119. The van der Waals surface area contributed by atoms with Crippen molar-refractivity contribution in [2.24, 2.45) is 5.92 Å². The van der Waals surface area contributed by atoms with Crippen molar-refractivity contribution in [3.05, 3.63) is 29.8 Å². The van der Waals surface area contributed by atoms with E-state index in [1.807, 2.05) is 31.2 Å². The van der Waals surface area contributed by atoms with Crippen LogP contribution in [0.4, 0.5) is 0 Å². The van der Waals surface area contributed by atoms with Gasteiger partial charge in [0.15, 0.2) is 0 Å². The van der Waals surface area contributed by atoms with Crippen molar-refractivity contribution in [1.29, 1.82) is 5.26 Å². The topological polar surface area (TPSA) is 62.1 Å². The number of carbonyl (C=O) groups excluding carboxylic acids is 1. The van der Waals surface area contributed by atoms with Crippen molar-refractivity contribution in [3.63, 3.8) is 0 Å². The van der Waals surface area contributed by atoms with E-state index in [9.17, 15) is 10.1 Å². The van der Waals surface area contributed by atoms with Crippen LogP contribution in [-0.2, 0) is 4.79 Å². The lowest BCUT2D eigenvalue weighted by Gasteiger charge is -2.23. The summed E-state index contributed by atoms with van der Waals surface area (Å²) in [5.41, 5.74) is 0.360. The molecule has 1 N–H and O–H groups in total. The number of thioether (sulfide) groups is 1. The predicted octanol–water partition coefficient (Wildman–Crippen LogP) is 3.30. The van der Waals surface area contributed by atoms with Crippen molar-refractivity contribution in [2.45, 2.75) is 37.5 Å². The van der Waals surface area contributed by atoms with Crippen molar-refractivity contribution >= 4 is 17.7 Å². The van der Waals surface area contributed by atoms with E-state index in [0.717, 1.165) is 24.2 Å². The predicted molar refractivity (Wildman–Crippen MR) is 88.8 cm³/mol. The molecular weight excluding hydrogens is 296 g/mol. The zero-order chi connectivity index (χ0) is 16.2. The molecule has 0 aliphatic heterocycles. The summed E-state index contributed by atoms with van der Waals surface area (Å²) >= 11 is 1.55. The maximum absolute atomic E-state index is 12.1. The highest BCUT2D eigenvalue weighted by Gasteiger charge is 2.42. The van der Waals surface area contributed by atoms with Crippen LogP contribution < -0.4 is 10.1 Å². The Morgan fingerprint density at radius 3 is 2.82 bits per heavy atom. The van der Waals surface area contributed by atoms with Crippen LogP contribution in [0, 0.1) is 17.2 Å². The van der Waals surface area contributed by atoms with Crippen LogP contribution in [0.1, 0.15) is 37.5 Å². The molecule has 1 amide bonds. The summed E-state index contributed by atoms with van der Waals surface area (Å²) in [4.78, 5) is 12.1. The van der Waals surface area contributed by atoms with Crippen molar-refractivity contribution in [2.75, 3.05) is 12.9 Å². The molecule has 0 bridgehead atoms. The van der Waals surface area contributed by atoms with Gasteiger partial charge in [0, 0.05) is 10.8 Å². The Kier molecular flexibility index (Phi) is 5.36. The Labute approximate surface area is 136 Å². The van der Waals surface area contributed by atoms with Gasteiger partial charge in [-0.1, -0.05) is 18.2 Å². The lowest BCUT2D eigenvalue weighted by atomic mass is 9.98. The molecule has 5 heteroatoms. The van der Waals surface area contributed by atoms with E-state index in [1.54, 1.807) is 18.9 Å². The highest BCUT2D eigenvalue weighted by Crippen LogP contribution is 2.39. The number of nitrogens with zero attached hydrogens (tertiary/aromatic N) is 1. The molecule has 2 atom stereocenters. The Morgan fingerprint density at radius 1 is 1.55 bits per heavy atom. The van der Waals surface area contributed by atoms with Gasteiger partial charge in [-0.15, -0.1) is 11.8 Å². The second-order valence-electron chi connectivity index (χ2n) is 5.83. The van der Waals surface area contributed by atoms with Crippen LogP contribution >= 0.6 is 11.8 Å². The lowest BCUT2D eigenvalue weighted by Crippen LogP contribution is -2.47. The van der Waals surface area contributed by atoms with Gasteiger partial charge in [-0.25, -0.2) is 0 Å². The zero-order valence-corrected chi connectivity index (χ0v) is 14.1. The first-order chi connectivity index (χ1) is 10.5. The van der Waals surface area contributed by atoms with E-state index in [4.69, 9.17) is 4.74 Å². The number of para-hydroxylation sites is 1. The highest BCUT2D eigenvalue weighted by molar-refractivity contribution is 8.00. The Balaban J connectivity index is 1.89. The number of benzene rings is 1. The molecule has 0 unspecified atom stereocenters. The minimum Gasteiger partial charge on any atom is -0.496 e. The summed E-state index contributed by atoms with van der Waals surface area (Å²) in [6.45, 7) is 3.87. The molecule has 22 heavy (non-hydrogen) atoms. The standard InChI is InChI=1S/C17H22N2O2S/c1-12(14-6-4-5-7-15(14)21-3)22-10-16(20)19-17(2,11-18)13-8-9-13/h4-7,12-13H,8-10H2,1-3H3,(H,19,20)/t12-,17-/m1/s1. The molecule has 0 radical (unpaired) electrons. The second-order valence-corrected chi connectivity index (χ2v) is 7.16. The summed E-state index contributed by atoms with van der Waals surface area (Å²) in [5.74, 6) is 1.40. The van der Waals surface area contributed by atoms with E-state index in [0.29, 0.717) is 11.7 Å². The Hall–Kier alpha value is -1.67. The number of rotatable bonds is 7. The minimum absolute atomic E-state index is 0.0808. The Bertz CT molecular complexity index is 580. The fraction of sp³-hybridized carbons (Fsp3) is 0.529. The van der Waals surface area contributed by atoms with Gasteiger partial charge in [-0.05, 0) is 38.7 Å². The molecule has 1 aliphatic carbocycles. The van der Waals surface area contributed by atoms with E-state index in [2.05, 4.69) is 18.3 Å². The zero-order valence-electron chi connectivity index (χ0n) is 13.3. The SMILES string of the molecule is COc1ccccc1[C@@H](C)SCC(=O)N[C@](C)(C#N)C1CC1. The fourth-order valence-electron chi connectivity index (χ4n) is 2.50. The van der Waals surface area contributed by atoms with Crippen LogP contribution in [0.5, 0.6) is 5.75 Å². The van der Waals surface area contributed by atoms with Crippen molar-refractivity contribution in [1.82, 2.24) is 5.32 Å². The molecule has 4 nitrogen and oxygen atoms in total. The third kappa shape index (κ3) is 3.95. The van der Waals surface area contributed by atoms with Gasteiger partial charge in [0.05, 0.1) is 18.9 Å². The molecule has 0 spiro atoms. The van der Waals surface area contributed by atoms with Crippen LogP contribution in [0.15, 0.2) is 24.3 Å². The summed E-state index contributed by atoms with van der Waals surface area (Å²) in [5, 5.41) is 12.3. The molecule has 0 saturated heterocycles. The van der Waals surface area contributed by atoms with Gasteiger partial charge in [-0.2, -0.15) is 5.26 Å². The van der Waals surface area contributed by atoms with Gasteiger partial charge in [0.25, 0.3) is 0 Å². The molecule has 118 valence electrons. The van der Waals surface area contributed by atoms with Crippen molar-refractivity contribution in [3.8, 4) is 11.8 Å². The average Bonchev–Trinajstić information content (AvgIpc) is 3.37. The average molecular weight is 318 g/mol. The number of ether oxygens (including phenoxy) is 1. The van der Waals surface area contributed by atoms with Gasteiger partial charge < -0.3 is 10.1 Å². The number of hydrogen-bond acceptors (Lipinski definition) is 4. The smallest absolute Gasteiger partial charge is 0.231 e. The Morgan fingerprint density at radius 2 is 2.23 bits per heavy atom. The quantitative estimate of drug-likeness (QED) is 0.838. The molecule has 1 fully saturated rings. The van der Waals surface area contributed by atoms with E-state index in [-0.39, 0.29) is 11.2 Å². The molecule has 1 aromatic carbocycles. The van der Waals surface area contributed by atoms with Gasteiger partial charge in [0.2, 0.25) is 5.91 Å².